The number of aryl methyl sites for hydroxylation is 2. The third-order valence-corrected chi connectivity index (χ3v) is 4.67. The Morgan fingerprint density at radius 3 is 2.68 bits per heavy atom. The van der Waals surface area contributed by atoms with Gasteiger partial charge in [-0.2, -0.15) is 10.4 Å². The number of carbonyl (C=O) groups is 1. The molecule has 1 aliphatic rings. The second kappa shape index (κ2) is 5.85. The van der Waals surface area contributed by atoms with Gasteiger partial charge in [-0.15, -0.1) is 11.8 Å². The molecule has 112 valence electrons. The van der Waals surface area contributed by atoms with Crippen LogP contribution >= 0.6 is 11.8 Å². The Bertz CT molecular complexity index is 744. The molecule has 1 aromatic carbocycles. The lowest BCUT2D eigenvalue weighted by atomic mass is 10.1. The van der Waals surface area contributed by atoms with E-state index in [4.69, 9.17) is 5.26 Å². The zero-order chi connectivity index (χ0) is 15.7. The van der Waals surface area contributed by atoms with Crippen LogP contribution in [-0.2, 0) is 0 Å². The van der Waals surface area contributed by atoms with Gasteiger partial charge in [-0.3, -0.25) is 4.79 Å². The number of thioether (sulfide) groups is 1. The van der Waals surface area contributed by atoms with Crippen molar-refractivity contribution in [3.8, 4) is 11.8 Å². The maximum absolute atomic E-state index is 12.5. The molecular formula is C16H16N4OS. The van der Waals surface area contributed by atoms with Crippen molar-refractivity contribution >= 4 is 17.7 Å². The van der Waals surface area contributed by atoms with E-state index in [-0.39, 0.29) is 11.9 Å². The van der Waals surface area contributed by atoms with Crippen LogP contribution < -0.4 is 0 Å². The summed E-state index contributed by atoms with van der Waals surface area (Å²) in [5.74, 6) is 1.18. The first-order valence-corrected chi connectivity index (χ1v) is 8.17. The molecule has 0 spiro atoms. The molecule has 1 aliphatic heterocycles. The highest BCUT2D eigenvalue weighted by molar-refractivity contribution is 7.99. The van der Waals surface area contributed by atoms with Crippen molar-refractivity contribution < 1.29 is 4.79 Å². The molecular weight excluding hydrogens is 296 g/mol. The van der Waals surface area contributed by atoms with E-state index in [1.807, 2.05) is 36.7 Å². The second-order valence-electron chi connectivity index (χ2n) is 5.31. The number of aromatic nitrogens is 2. The summed E-state index contributed by atoms with van der Waals surface area (Å²) < 4.78 is 1.85. The van der Waals surface area contributed by atoms with Gasteiger partial charge in [0.05, 0.1) is 23.3 Å². The molecule has 1 aromatic heterocycles. The fourth-order valence-corrected chi connectivity index (χ4v) is 3.63. The molecule has 6 heteroatoms. The van der Waals surface area contributed by atoms with Crippen molar-refractivity contribution in [3.63, 3.8) is 0 Å². The average molecular weight is 312 g/mol. The predicted molar refractivity (Wildman–Crippen MR) is 85.9 cm³/mol. The maximum Gasteiger partial charge on any atom is 0.255 e. The van der Waals surface area contributed by atoms with Crippen LogP contribution in [-0.4, -0.2) is 38.3 Å². The van der Waals surface area contributed by atoms with Crippen molar-refractivity contribution in [1.82, 2.24) is 14.7 Å². The molecule has 0 saturated carbocycles. The van der Waals surface area contributed by atoms with Crippen molar-refractivity contribution in [3.05, 3.63) is 47.3 Å². The van der Waals surface area contributed by atoms with Gasteiger partial charge in [-0.25, -0.2) is 4.68 Å². The van der Waals surface area contributed by atoms with E-state index in [2.05, 4.69) is 11.2 Å². The van der Waals surface area contributed by atoms with Crippen molar-refractivity contribution in [2.75, 3.05) is 11.6 Å². The van der Waals surface area contributed by atoms with Gasteiger partial charge >= 0.3 is 0 Å². The smallest absolute Gasteiger partial charge is 0.255 e. The number of amides is 1. The van der Waals surface area contributed by atoms with Crippen LogP contribution in [0.1, 0.15) is 21.7 Å². The molecule has 2 aromatic rings. The number of nitriles is 1. The summed E-state index contributed by atoms with van der Waals surface area (Å²) in [6, 6.07) is 11.2. The zero-order valence-electron chi connectivity index (χ0n) is 12.5. The Morgan fingerprint density at radius 1 is 1.36 bits per heavy atom. The number of rotatable bonds is 2. The molecule has 1 fully saturated rings. The number of hydrogen-bond acceptors (Lipinski definition) is 4. The lowest BCUT2D eigenvalue weighted by molar-refractivity contribution is 0.0775. The van der Waals surface area contributed by atoms with Gasteiger partial charge in [-0.1, -0.05) is 0 Å². The third kappa shape index (κ3) is 2.60. The van der Waals surface area contributed by atoms with Crippen molar-refractivity contribution in [1.29, 1.82) is 5.26 Å². The molecule has 3 rings (SSSR count). The fraction of sp³-hybridized carbons (Fsp3) is 0.312. The van der Waals surface area contributed by atoms with E-state index < -0.39 is 0 Å². The normalized spacial score (nSPS) is 17.5. The lowest BCUT2D eigenvalue weighted by Crippen LogP contribution is -2.35. The molecule has 0 aliphatic carbocycles. The summed E-state index contributed by atoms with van der Waals surface area (Å²) in [4.78, 5) is 14.1. The minimum Gasteiger partial charge on any atom is -0.313 e. The maximum atomic E-state index is 12.5. The quantitative estimate of drug-likeness (QED) is 0.855. The highest BCUT2D eigenvalue weighted by atomic mass is 32.2. The summed E-state index contributed by atoms with van der Waals surface area (Å²) in [5.41, 5.74) is 3.54. The Hall–Kier alpha value is -2.26. The van der Waals surface area contributed by atoms with E-state index in [0.29, 0.717) is 17.2 Å². The molecule has 0 bridgehead atoms. The highest BCUT2D eigenvalue weighted by Crippen LogP contribution is 2.23. The number of benzene rings is 1. The molecule has 1 atom stereocenters. The van der Waals surface area contributed by atoms with Crippen molar-refractivity contribution in [2.24, 2.45) is 0 Å². The van der Waals surface area contributed by atoms with Gasteiger partial charge in [-0.05, 0) is 44.2 Å². The van der Waals surface area contributed by atoms with Gasteiger partial charge in [0, 0.05) is 17.0 Å². The Labute approximate surface area is 133 Å². The van der Waals surface area contributed by atoms with Crippen molar-refractivity contribution in [2.45, 2.75) is 19.9 Å². The Morgan fingerprint density at radius 2 is 2.09 bits per heavy atom. The average Bonchev–Trinajstić information content (AvgIpc) is 3.12. The molecule has 0 N–H and O–H groups in total. The Kier molecular flexibility index (Phi) is 3.90. The van der Waals surface area contributed by atoms with E-state index >= 15 is 0 Å². The molecule has 1 amide bonds. The summed E-state index contributed by atoms with van der Waals surface area (Å²) in [7, 11) is 0. The van der Waals surface area contributed by atoms with E-state index in [1.54, 1.807) is 28.8 Å². The van der Waals surface area contributed by atoms with Gasteiger partial charge in [0.2, 0.25) is 0 Å². The van der Waals surface area contributed by atoms with Gasteiger partial charge in [0.25, 0.3) is 5.91 Å². The molecule has 2 heterocycles. The van der Waals surface area contributed by atoms with E-state index in [9.17, 15) is 4.79 Å². The molecule has 0 radical (unpaired) electrons. The van der Waals surface area contributed by atoms with Crippen LogP contribution in [0.5, 0.6) is 0 Å². The fourth-order valence-electron chi connectivity index (χ4n) is 2.55. The molecule has 22 heavy (non-hydrogen) atoms. The largest absolute Gasteiger partial charge is 0.313 e. The van der Waals surface area contributed by atoms with Crippen LogP contribution in [0.25, 0.3) is 5.69 Å². The SMILES string of the molecule is Cc1cc(C)n(-c2ccc(C(=O)N3CSC[C@H]3C#N)cc2)n1. The first kappa shape index (κ1) is 14.7. The van der Waals surface area contributed by atoms with Gasteiger partial charge in [0.15, 0.2) is 0 Å². The van der Waals surface area contributed by atoms with E-state index in [1.165, 1.54) is 0 Å². The van der Waals surface area contributed by atoms with Crippen LogP contribution in [0.2, 0.25) is 0 Å². The third-order valence-electron chi connectivity index (χ3n) is 3.66. The zero-order valence-corrected chi connectivity index (χ0v) is 13.3. The van der Waals surface area contributed by atoms with Crippen LogP contribution in [0.4, 0.5) is 0 Å². The number of nitrogens with zero attached hydrogens (tertiary/aromatic N) is 4. The molecule has 0 unspecified atom stereocenters. The topological polar surface area (TPSA) is 61.9 Å². The van der Waals surface area contributed by atoms with Gasteiger partial charge < -0.3 is 4.90 Å². The van der Waals surface area contributed by atoms with E-state index in [0.717, 1.165) is 17.1 Å². The summed E-state index contributed by atoms with van der Waals surface area (Å²) >= 11 is 1.61. The first-order chi connectivity index (χ1) is 10.6. The standard InChI is InChI=1S/C16H16N4OS/c1-11-7-12(2)20(18-11)14-5-3-13(4-6-14)16(21)19-10-22-9-15(19)8-17/h3-7,15H,9-10H2,1-2H3/t15-/m1/s1. The second-order valence-corrected chi connectivity index (χ2v) is 6.31. The number of carbonyl (C=O) groups excluding carboxylic acids is 1. The van der Waals surface area contributed by atoms with Crippen LogP contribution in [0.15, 0.2) is 30.3 Å². The number of hydrogen-bond donors (Lipinski definition) is 0. The minimum atomic E-state index is -0.326. The summed E-state index contributed by atoms with van der Waals surface area (Å²) in [5, 5.41) is 13.5. The highest BCUT2D eigenvalue weighted by Gasteiger charge is 2.29. The first-order valence-electron chi connectivity index (χ1n) is 7.02. The monoisotopic (exact) mass is 312 g/mol. The lowest BCUT2D eigenvalue weighted by Gasteiger charge is -2.18. The summed E-state index contributed by atoms with van der Waals surface area (Å²) in [6.45, 7) is 3.95. The predicted octanol–water partition coefficient (Wildman–Crippen LogP) is 2.53. The summed E-state index contributed by atoms with van der Waals surface area (Å²) in [6.07, 6.45) is 0. The molecule has 5 nitrogen and oxygen atoms in total. The molecule has 1 saturated heterocycles. The van der Waals surface area contributed by atoms with Crippen LogP contribution in [0.3, 0.4) is 0 Å². The van der Waals surface area contributed by atoms with Gasteiger partial charge in [0.1, 0.15) is 6.04 Å². The minimum absolute atomic E-state index is 0.0866. The Balaban J connectivity index is 1.84. The van der Waals surface area contributed by atoms with Crippen LogP contribution in [0, 0.1) is 25.2 Å².